The van der Waals surface area contributed by atoms with Gasteiger partial charge in [0.15, 0.2) is 10.8 Å². The number of carboxylic acids is 1. The van der Waals surface area contributed by atoms with Crippen LogP contribution in [0.3, 0.4) is 0 Å². The fourth-order valence-corrected chi connectivity index (χ4v) is 12.4. The van der Waals surface area contributed by atoms with Crippen molar-refractivity contribution < 1.29 is 33.8 Å². The lowest BCUT2D eigenvalue weighted by Crippen LogP contribution is -2.48. The monoisotopic (exact) mass is 1010 g/mol. The van der Waals surface area contributed by atoms with Crippen molar-refractivity contribution in [2.24, 2.45) is 13.0 Å². The third-order valence-corrected chi connectivity index (χ3v) is 16.5. The molecule has 11 rings (SSSR count). The molecule has 74 heavy (non-hydrogen) atoms. The summed E-state index contributed by atoms with van der Waals surface area (Å²) in [6.07, 6.45) is 7.68. The molecule has 3 aliphatic heterocycles. The largest absolute Gasteiger partial charge is 0.490 e. The molecule has 2 saturated heterocycles. The molecule has 1 aliphatic carbocycles. The molecule has 1 atom stereocenters. The predicted molar refractivity (Wildman–Crippen MR) is 285 cm³/mol. The van der Waals surface area contributed by atoms with E-state index in [1.807, 2.05) is 113 Å². The van der Waals surface area contributed by atoms with Crippen LogP contribution in [-0.4, -0.2) is 98.2 Å². The number of carbonyl (C=O) groups is 5. The molecule has 7 aromatic rings. The van der Waals surface area contributed by atoms with Crippen molar-refractivity contribution in [1.29, 1.82) is 0 Å². The normalized spacial score (nSPS) is 19.1. The summed E-state index contributed by atoms with van der Waals surface area (Å²) in [5.41, 5.74) is 8.11. The average molecular weight is 1010 g/mol. The first-order valence-electron chi connectivity index (χ1n) is 25.8. The number of anilines is 3. The molecule has 4 aliphatic rings. The van der Waals surface area contributed by atoms with E-state index < -0.39 is 11.9 Å². The Morgan fingerprint density at radius 2 is 1.62 bits per heavy atom. The number of nitrogens with zero attached hydrogens (tertiary/aromatic N) is 7. The molecule has 0 bridgehead atoms. The Bertz CT molecular complexity index is 3300. The quantitative estimate of drug-likeness (QED) is 0.0930. The Balaban J connectivity index is 0.665. The summed E-state index contributed by atoms with van der Waals surface area (Å²) in [7, 11) is 1.89. The summed E-state index contributed by atoms with van der Waals surface area (Å²) < 4.78 is 9.48. The van der Waals surface area contributed by atoms with Gasteiger partial charge in [-0.1, -0.05) is 59.9 Å². The highest BCUT2D eigenvalue weighted by molar-refractivity contribution is 7.22. The van der Waals surface area contributed by atoms with Gasteiger partial charge in [0.05, 0.1) is 39.1 Å². The number of piperidine rings is 1. The number of nitrogens with one attached hydrogen (secondary N) is 2. The van der Waals surface area contributed by atoms with Crippen LogP contribution in [0, 0.1) is 12.8 Å². The van der Waals surface area contributed by atoms with Gasteiger partial charge in [0.2, 0.25) is 17.7 Å². The lowest BCUT2D eigenvalue weighted by atomic mass is 9.84. The van der Waals surface area contributed by atoms with Crippen LogP contribution >= 0.6 is 11.3 Å². The zero-order chi connectivity index (χ0) is 51.0. The number of ether oxygens (including phenoxy) is 1. The minimum atomic E-state index is -1.12. The van der Waals surface area contributed by atoms with E-state index in [1.165, 1.54) is 11.3 Å². The Morgan fingerprint density at radius 3 is 2.42 bits per heavy atom. The number of amides is 4. The molecule has 4 amide bonds. The highest BCUT2D eigenvalue weighted by Crippen LogP contribution is 2.39. The van der Waals surface area contributed by atoms with Crippen LogP contribution in [0.2, 0.25) is 0 Å². The van der Waals surface area contributed by atoms with E-state index in [9.17, 15) is 29.1 Å². The Morgan fingerprint density at radius 1 is 0.824 bits per heavy atom. The van der Waals surface area contributed by atoms with Gasteiger partial charge >= 0.3 is 5.97 Å². The highest BCUT2D eigenvalue weighted by Gasteiger charge is 2.33. The number of aryl methyl sites for hydroxylation is 1. The van der Waals surface area contributed by atoms with E-state index in [-0.39, 0.29) is 35.4 Å². The Kier molecular flexibility index (Phi) is 13.6. The van der Waals surface area contributed by atoms with Crippen molar-refractivity contribution in [2.45, 2.75) is 89.7 Å². The van der Waals surface area contributed by atoms with Crippen LogP contribution in [0.5, 0.6) is 5.75 Å². The zero-order valence-electron chi connectivity index (χ0n) is 41.6. The Hall–Kier alpha value is -7.66. The van der Waals surface area contributed by atoms with Crippen LogP contribution in [0.15, 0.2) is 91.0 Å². The number of aromatic carboxylic acids is 1. The number of hydrogen-bond acceptors (Lipinski definition) is 12. The van der Waals surface area contributed by atoms with Crippen LogP contribution < -0.4 is 25.2 Å². The molecule has 3 N–H and O–H groups in total. The minimum absolute atomic E-state index is 0.0361. The summed E-state index contributed by atoms with van der Waals surface area (Å²) in [5, 5.41) is 22.2. The van der Waals surface area contributed by atoms with Crippen molar-refractivity contribution in [3.8, 4) is 16.9 Å². The number of para-hydroxylation sites is 2. The second kappa shape index (κ2) is 20.7. The fourth-order valence-electron chi connectivity index (χ4n) is 11.5. The first-order chi connectivity index (χ1) is 35.9. The van der Waals surface area contributed by atoms with Gasteiger partial charge in [0, 0.05) is 75.7 Å². The highest BCUT2D eigenvalue weighted by atomic mass is 32.1. The minimum Gasteiger partial charge on any atom is -0.490 e. The van der Waals surface area contributed by atoms with E-state index in [2.05, 4.69) is 26.6 Å². The molecule has 6 heterocycles. The molecular weight excluding hydrogens is 955 g/mol. The van der Waals surface area contributed by atoms with Crippen molar-refractivity contribution in [3.63, 3.8) is 0 Å². The maximum absolute atomic E-state index is 13.7. The van der Waals surface area contributed by atoms with Gasteiger partial charge in [0.1, 0.15) is 11.6 Å². The maximum Gasteiger partial charge on any atom is 0.355 e. The number of carboxylic acid groups (broad SMARTS) is 1. The van der Waals surface area contributed by atoms with Crippen molar-refractivity contribution in [1.82, 2.24) is 30.0 Å². The molecule has 0 radical (unpaired) electrons. The number of hydrogen-bond donors (Lipinski definition) is 3. The van der Waals surface area contributed by atoms with Crippen molar-refractivity contribution >= 4 is 78.7 Å². The van der Waals surface area contributed by atoms with Gasteiger partial charge in [-0.2, -0.15) is 5.10 Å². The summed E-state index contributed by atoms with van der Waals surface area (Å²) >= 11 is 1.43. The number of benzene rings is 4. The van der Waals surface area contributed by atoms with Gasteiger partial charge in [-0.25, -0.2) is 14.8 Å². The third-order valence-electron chi connectivity index (χ3n) is 15.5. The molecule has 3 fully saturated rings. The zero-order valence-corrected chi connectivity index (χ0v) is 42.5. The summed E-state index contributed by atoms with van der Waals surface area (Å²) in [4.78, 5) is 80.2. The summed E-state index contributed by atoms with van der Waals surface area (Å²) in [5.74, 6) is -0.376. The lowest BCUT2D eigenvalue weighted by Gasteiger charge is -2.36. The predicted octanol–water partition coefficient (Wildman–Crippen LogP) is 9.04. The first kappa shape index (κ1) is 48.6. The smallest absolute Gasteiger partial charge is 0.355 e. The molecule has 1 unspecified atom stereocenters. The number of pyridine rings is 1. The number of fused-ring (bicyclic) bond motifs is 3. The molecule has 4 aromatic carbocycles. The van der Waals surface area contributed by atoms with Crippen LogP contribution in [-0.2, 0) is 34.4 Å². The third kappa shape index (κ3) is 9.79. The SMILES string of the molecule is Cc1c(OC2CCC(CCCC(=O)N3CCN(c4cccc5c(C6CCC(=O)NC6=O)nn(C)c45)CC3)CC2)cccc1-c1ccc(N2CCc3cccc(C(=O)Nc4nc5ccccc5s4)c3C2)nc1C(=O)O. The summed E-state index contributed by atoms with van der Waals surface area (Å²) in [6, 6.07) is 29.1. The van der Waals surface area contributed by atoms with Gasteiger partial charge in [-0.05, 0) is 129 Å². The number of rotatable bonds is 13. The number of imide groups is 1. The molecule has 380 valence electrons. The number of thiazole rings is 1. The molecule has 16 nitrogen and oxygen atoms in total. The van der Waals surface area contributed by atoms with Gasteiger partial charge < -0.3 is 24.5 Å². The lowest BCUT2D eigenvalue weighted by molar-refractivity contribution is -0.134. The second-order valence-electron chi connectivity index (χ2n) is 20.1. The number of carbonyl (C=O) groups excluding carboxylic acids is 4. The van der Waals surface area contributed by atoms with Gasteiger partial charge in [-0.15, -0.1) is 0 Å². The van der Waals surface area contributed by atoms with E-state index in [0.717, 1.165) is 93.3 Å². The Labute approximate surface area is 432 Å². The van der Waals surface area contributed by atoms with Crippen molar-refractivity contribution in [2.75, 3.05) is 47.8 Å². The summed E-state index contributed by atoms with van der Waals surface area (Å²) in [6.45, 7) is 5.67. The maximum atomic E-state index is 13.7. The first-order valence-corrected chi connectivity index (χ1v) is 26.6. The molecule has 3 aromatic heterocycles. The molecule has 17 heteroatoms. The topological polar surface area (TPSA) is 192 Å². The van der Waals surface area contributed by atoms with E-state index in [0.29, 0.717) is 98.6 Å². The van der Waals surface area contributed by atoms with Crippen LogP contribution in [0.1, 0.15) is 107 Å². The van der Waals surface area contributed by atoms with E-state index in [4.69, 9.17) is 14.8 Å². The standard InChI is InChI=1S/C57H59N9O7S/c1-34-38(39-23-25-48(59-52(39)56(71)72)66-28-27-36-10-6-12-40(43(36)33-66)54(69)61-57-58-44-14-3-4-17-47(44)74-57)11-8-16-46(34)73-37-21-19-35(20-22-37)9-5-18-50(68)65-31-29-64(30-32-65)45-15-7-13-41-51(62-63(2)53(41)45)42-24-26-49(67)60-55(42)70/h3-4,6-8,10-17,23,25,35,37,42H,5,9,18-22,24,26-33H2,1-2H3,(H,71,72)(H,58,61,69)(H,60,67,70). The molecule has 1 saturated carbocycles. The average Bonchev–Trinajstić information content (AvgIpc) is 3.99. The molecular formula is C57H59N9O7S. The van der Waals surface area contributed by atoms with Gasteiger partial charge in [0.25, 0.3) is 5.91 Å². The van der Waals surface area contributed by atoms with Crippen LogP contribution in [0.25, 0.3) is 32.2 Å². The van der Waals surface area contributed by atoms with Gasteiger partial charge in [-0.3, -0.25) is 34.5 Å². The fraction of sp³-hybridized carbons (Fsp3) is 0.368. The van der Waals surface area contributed by atoms with Crippen molar-refractivity contribution in [3.05, 3.63) is 125 Å². The number of piperazine rings is 1. The molecule has 0 spiro atoms. The number of aromatic nitrogens is 4. The van der Waals surface area contributed by atoms with Crippen LogP contribution in [0.4, 0.5) is 16.6 Å². The van der Waals surface area contributed by atoms with E-state index >= 15 is 0 Å². The van der Waals surface area contributed by atoms with E-state index in [1.54, 1.807) is 0 Å². The second-order valence-corrected chi connectivity index (χ2v) is 21.1.